The van der Waals surface area contributed by atoms with E-state index in [1.807, 2.05) is 44.2 Å². The molecule has 1 amide bonds. The van der Waals surface area contributed by atoms with E-state index >= 15 is 0 Å². The topological polar surface area (TPSA) is 20.3 Å². The SMILES string of the molecule is C#CCN(CCC)C(=O)C(C)c1ccccc1. The first kappa shape index (κ1) is 13.3. The average Bonchev–Trinajstić information content (AvgIpc) is 2.38. The molecule has 0 aliphatic rings. The molecule has 0 N–H and O–H groups in total. The van der Waals surface area contributed by atoms with Crippen LogP contribution in [-0.4, -0.2) is 23.9 Å². The van der Waals surface area contributed by atoms with Crippen molar-refractivity contribution < 1.29 is 4.79 Å². The van der Waals surface area contributed by atoms with Gasteiger partial charge in [0.2, 0.25) is 5.91 Å². The zero-order valence-corrected chi connectivity index (χ0v) is 10.5. The van der Waals surface area contributed by atoms with Crippen LogP contribution in [0.25, 0.3) is 0 Å². The van der Waals surface area contributed by atoms with E-state index in [0.29, 0.717) is 6.54 Å². The molecule has 1 unspecified atom stereocenters. The quantitative estimate of drug-likeness (QED) is 0.711. The molecule has 90 valence electrons. The zero-order valence-electron chi connectivity index (χ0n) is 10.5. The Bertz CT molecular complexity index is 391. The van der Waals surface area contributed by atoms with Crippen molar-refractivity contribution in [3.63, 3.8) is 0 Å². The Labute approximate surface area is 104 Å². The number of benzene rings is 1. The van der Waals surface area contributed by atoms with Crippen molar-refractivity contribution in [2.75, 3.05) is 13.1 Å². The van der Waals surface area contributed by atoms with Crippen LogP contribution in [-0.2, 0) is 4.79 Å². The summed E-state index contributed by atoms with van der Waals surface area (Å²) in [5, 5.41) is 0. The number of nitrogens with zero attached hydrogens (tertiary/aromatic N) is 1. The second-order valence-corrected chi connectivity index (χ2v) is 4.10. The Kier molecular flexibility index (Phi) is 5.29. The Balaban J connectivity index is 2.77. The fourth-order valence-electron chi connectivity index (χ4n) is 1.81. The predicted molar refractivity (Wildman–Crippen MR) is 70.6 cm³/mol. The number of terminal acetylenes is 1. The third-order valence-electron chi connectivity index (χ3n) is 2.76. The zero-order chi connectivity index (χ0) is 12.7. The van der Waals surface area contributed by atoms with E-state index in [0.717, 1.165) is 18.5 Å². The fourth-order valence-corrected chi connectivity index (χ4v) is 1.81. The Morgan fingerprint density at radius 3 is 2.59 bits per heavy atom. The van der Waals surface area contributed by atoms with Crippen molar-refractivity contribution in [3.8, 4) is 12.3 Å². The first-order valence-corrected chi connectivity index (χ1v) is 5.97. The van der Waals surface area contributed by atoms with Gasteiger partial charge in [-0.1, -0.05) is 43.2 Å². The van der Waals surface area contributed by atoms with E-state index in [1.54, 1.807) is 4.90 Å². The number of carbonyl (C=O) groups is 1. The molecule has 1 aromatic carbocycles. The van der Waals surface area contributed by atoms with Gasteiger partial charge in [-0.2, -0.15) is 0 Å². The smallest absolute Gasteiger partial charge is 0.230 e. The molecule has 2 nitrogen and oxygen atoms in total. The maximum absolute atomic E-state index is 12.3. The normalized spacial score (nSPS) is 11.6. The van der Waals surface area contributed by atoms with Gasteiger partial charge in [0.15, 0.2) is 0 Å². The lowest BCUT2D eigenvalue weighted by Gasteiger charge is -2.23. The molecule has 17 heavy (non-hydrogen) atoms. The minimum Gasteiger partial charge on any atom is -0.331 e. The molecule has 0 radical (unpaired) electrons. The summed E-state index contributed by atoms with van der Waals surface area (Å²) in [6.45, 7) is 5.09. The first-order valence-electron chi connectivity index (χ1n) is 5.97. The maximum Gasteiger partial charge on any atom is 0.230 e. The van der Waals surface area contributed by atoms with Crippen LogP contribution in [0.4, 0.5) is 0 Å². The van der Waals surface area contributed by atoms with Gasteiger partial charge in [0.05, 0.1) is 12.5 Å². The molecule has 0 saturated heterocycles. The van der Waals surface area contributed by atoms with E-state index in [1.165, 1.54) is 0 Å². The van der Waals surface area contributed by atoms with Crippen molar-refractivity contribution in [1.82, 2.24) is 4.90 Å². The molecular weight excluding hydrogens is 210 g/mol. The van der Waals surface area contributed by atoms with Gasteiger partial charge in [-0.3, -0.25) is 4.79 Å². The number of hydrogen-bond donors (Lipinski definition) is 0. The van der Waals surface area contributed by atoms with Crippen LogP contribution in [0.3, 0.4) is 0 Å². The number of amides is 1. The van der Waals surface area contributed by atoms with Gasteiger partial charge in [-0.15, -0.1) is 6.42 Å². The standard InChI is InChI=1S/C15H19NO/c1-4-11-16(12-5-2)15(17)13(3)14-9-7-6-8-10-14/h1,6-10,13H,5,11-12H2,2-3H3. The summed E-state index contributed by atoms with van der Waals surface area (Å²) < 4.78 is 0. The van der Waals surface area contributed by atoms with Gasteiger partial charge >= 0.3 is 0 Å². The largest absolute Gasteiger partial charge is 0.331 e. The predicted octanol–water partition coefficient (Wildman–Crippen LogP) is 2.66. The summed E-state index contributed by atoms with van der Waals surface area (Å²) >= 11 is 0. The van der Waals surface area contributed by atoms with Gasteiger partial charge in [0, 0.05) is 6.54 Å². The van der Waals surface area contributed by atoms with Crippen molar-refractivity contribution in [2.24, 2.45) is 0 Å². The van der Waals surface area contributed by atoms with Crippen LogP contribution in [0.2, 0.25) is 0 Å². The fraction of sp³-hybridized carbons (Fsp3) is 0.400. The van der Waals surface area contributed by atoms with E-state index in [-0.39, 0.29) is 11.8 Å². The number of rotatable bonds is 5. The lowest BCUT2D eigenvalue weighted by molar-refractivity contribution is -0.131. The van der Waals surface area contributed by atoms with Crippen molar-refractivity contribution >= 4 is 5.91 Å². The summed E-state index contributed by atoms with van der Waals surface area (Å²) in [6, 6.07) is 9.80. The monoisotopic (exact) mass is 229 g/mol. The van der Waals surface area contributed by atoms with Crippen LogP contribution < -0.4 is 0 Å². The molecule has 0 fully saturated rings. The van der Waals surface area contributed by atoms with Crippen LogP contribution in [0.15, 0.2) is 30.3 Å². The second-order valence-electron chi connectivity index (χ2n) is 4.10. The highest BCUT2D eigenvalue weighted by molar-refractivity contribution is 5.83. The summed E-state index contributed by atoms with van der Waals surface area (Å²) in [6.07, 6.45) is 6.22. The molecule has 0 aliphatic carbocycles. The third kappa shape index (κ3) is 3.64. The van der Waals surface area contributed by atoms with Gasteiger partial charge in [-0.05, 0) is 18.9 Å². The summed E-state index contributed by atoms with van der Waals surface area (Å²) in [5.74, 6) is 2.52. The molecule has 0 spiro atoms. The molecule has 0 bridgehead atoms. The van der Waals surface area contributed by atoms with Gasteiger partial charge in [0.25, 0.3) is 0 Å². The maximum atomic E-state index is 12.3. The van der Waals surface area contributed by atoms with Gasteiger partial charge in [0.1, 0.15) is 0 Å². The minimum atomic E-state index is -0.129. The molecule has 1 atom stereocenters. The summed E-state index contributed by atoms with van der Waals surface area (Å²) in [5.41, 5.74) is 1.04. The summed E-state index contributed by atoms with van der Waals surface area (Å²) in [7, 11) is 0. The van der Waals surface area contributed by atoms with Gasteiger partial charge < -0.3 is 4.90 Å². The van der Waals surface area contributed by atoms with Crippen molar-refractivity contribution in [3.05, 3.63) is 35.9 Å². The van der Waals surface area contributed by atoms with Crippen LogP contribution in [0, 0.1) is 12.3 Å². The molecule has 1 aromatic rings. The number of carbonyl (C=O) groups excluding carboxylic acids is 1. The highest BCUT2D eigenvalue weighted by Crippen LogP contribution is 2.17. The van der Waals surface area contributed by atoms with E-state index in [2.05, 4.69) is 5.92 Å². The van der Waals surface area contributed by atoms with Crippen LogP contribution in [0.5, 0.6) is 0 Å². The highest BCUT2D eigenvalue weighted by Gasteiger charge is 2.20. The van der Waals surface area contributed by atoms with Crippen molar-refractivity contribution in [2.45, 2.75) is 26.2 Å². The molecule has 2 heteroatoms. The van der Waals surface area contributed by atoms with Crippen LogP contribution >= 0.6 is 0 Å². The Morgan fingerprint density at radius 2 is 2.06 bits per heavy atom. The molecule has 0 saturated carbocycles. The lowest BCUT2D eigenvalue weighted by atomic mass is 10.00. The van der Waals surface area contributed by atoms with E-state index < -0.39 is 0 Å². The molecule has 1 rings (SSSR count). The molecule has 0 heterocycles. The molecule has 0 aliphatic heterocycles. The van der Waals surface area contributed by atoms with Crippen LogP contribution in [0.1, 0.15) is 31.7 Å². The molecule has 0 aromatic heterocycles. The number of hydrogen-bond acceptors (Lipinski definition) is 1. The van der Waals surface area contributed by atoms with Crippen molar-refractivity contribution in [1.29, 1.82) is 0 Å². The van der Waals surface area contributed by atoms with E-state index in [9.17, 15) is 4.79 Å². The Morgan fingerprint density at radius 1 is 1.41 bits per heavy atom. The second kappa shape index (κ2) is 6.75. The first-order chi connectivity index (χ1) is 8.20. The summed E-state index contributed by atoms with van der Waals surface area (Å²) in [4.78, 5) is 14.0. The van der Waals surface area contributed by atoms with Gasteiger partial charge in [-0.25, -0.2) is 0 Å². The lowest BCUT2D eigenvalue weighted by Crippen LogP contribution is -2.35. The average molecular weight is 229 g/mol. The minimum absolute atomic E-state index is 0.107. The molecular formula is C15H19NO. The highest BCUT2D eigenvalue weighted by atomic mass is 16.2. The Hall–Kier alpha value is -1.75. The third-order valence-corrected chi connectivity index (χ3v) is 2.76. The van der Waals surface area contributed by atoms with E-state index in [4.69, 9.17) is 6.42 Å².